The lowest BCUT2D eigenvalue weighted by Gasteiger charge is -2.17. The van der Waals surface area contributed by atoms with E-state index in [2.05, 4.69) is 0 Å². The Kier molecular flexibility index (Phi) is 3.97. The van der Waals surface area contributed by atoms with Gasteiger partial charge < -0.3 is 0 Å². The Labute approximate surface area is 104 Å². The number of rotatable bonds is 1. The van der Waals surface area contributed by atoms with Crippen molar-refractivity contribution in [3.05, 3.63) is 35.1 Å². The van der Waals surface area contributed by atoms with E-state index < -0.39 is 17.5 Å². The van der Waals surface area contributed by atoms with Gasteiger partial charge in [-0.15, -0.1) is 11.6 Å². The maximum atomic E-state index is 13.6. The fourth-order valence-electron chi connectivity index (χ4n) is 2.44. The highest BCUT2D eigenvalue weighted by Gasteiger charge is 2.24. The second-order valence-electron chi connectivity index (χ2n) is 4.58. The lowest BCUT2D eigenvalue weighted by atomic mass is 9.91. The molecule has 0 saturated heterocycles. The molecule has 2 rings (SSSR count). The van der Waals surface area contributed by atoms with E-state index in [9.17, 15) is 13.2 Å². The van der Waals surface area contributed by atoms with Crippen molar-refractivity contribution in [2.45, 2.75) is 43.4 Å². The van der Waals surface area contributed by atoms with Gasteiger partial charge in [0, 0.05) is 5.38 Å². The molecule has 0 N–H and O–H groups in total. The molecule has 0 bridgehead atoms. The molecular weight excluding hydrogens is 249 g/mol. The maximum Gasteiger partial charge on any atom is 0.194 e. The van der Waals surface area contributed by atoms with Gasteiger partial charge in [0.15, 0.2) is 17.5 Å². The Morgan fingerprint density at radius 2 is 1.71 bits per heavy atom. The average Bonchev–Trinajstić information content (AvgIpc) is 2.51. The van der Waals surface area contributed by atoms with Crippen LogP contribution in [-0.2, 0) is 0 Å². The smallest absolute Gasteiger partial charge is 0.194 e. The summed E-state index contributed by atoms with van der Waals surface area (Å²) >= 11 is 6.10. The fourth-order valence-corrected chi connectivity index (χ4v) is 2.81. The fraction of sp³-hybridized carbons (Fsp3) is 0.538. The van der Waals surface area contributed by atoms with Crippen molar-refractivity contribution < 1.29 is 13.2 Å². The molecule has 0 amide bonds. The maximum absolute atomic E-state index is 13.6. The SMILES string of the molecule is Fc1ccc(C2CCCCC(Cl)C2)c(F)c1F. The summed E-state index contributed by atoms with van der Waals surface area (Å²) < 4.78 is 39.7. The molecule has 94 valence electrons. The number of benzene rings is 1. The summed E-state index contributed by atoms with van der Waals surface area (Å²) in [6.45, 7) is 0. The predicted octanol–water partition coefficient (Wildman–Crippen LogP) is 4.76. The van der Waals surface area contributed by atoms with Crippen LogP contribution in [0.15, 0.2) is 12.1 Å². The molecule has 1 fully saturated rings. The number of alkyl halides is 1. The molecule has 4 heteroatoms. The molecular formula is C13H14ClF3. The first-order chi connectivity index (χ1) is 8.09. The lowest BCUT2D eigenvalue weighted by molar-refractivity contribution is 0.430. The van der Waals surface area contributed by atoms with Crippen molar-refractivity contribution in [3.63, 3.8) is 0 Å². The minimum absolute atomic E-state index is 0.00462. The van der Waals surface area contributed by atoms with Gasteiger partial charge in [0.05, 0.1) is 0 Å². The second kappa shape index (κ2) is 5.30. The summed E-state index contributed by atoms with van der Waals surface area (Å²) in [7, 11) is 0. The van der Waals surface area contributed by atoms with E-state index >= 15 is 0 Å². The second-order valence-corrected chi connectivity index (χ2v) is 5.20. The summed E-state index contributed by atoms with van der Waals surface area (Å²) in [5.41, 5.74) is 0.261. The Morgan fingerprint density at radius 1 is 1.00 bits per heavy atom. The van der Waals surface area contributed by atoms with Crippen LogP contribution in [-0.4, -0.2) is 5.38 Å². The monoisotopic (exact) mass is 262 g/mol. The third-order valence-corrected chi connectivity index (χ3v) is 3.76. The Hall–Kier alpha value is -0.700. The van der Waals surface area contributed by atoms with Gasteiger partial charge in [0.25, 0.3) is 0 Å². The topological polar surface area (TPSA) is 0 Å². The van der Waals surface area contributed by atoms with Crippen molar-refractivity contribution in [3.8, 4) is 0 Å². The van der Waals surface area contributed by atoms with Gasteiger partial charge in [0.1, 0.15) is 0 Å². The van der Waals surface area contributed by atoms with E-state index in [1.807, 2.05) is 0 Å². The Bertz CT molecular complexity index is 406. The first-order valence-electron chi connectivity index (χ1n) is 5.87. The van der Waals surface area contributed by atoms with Crippen molar-refractivity contribution in [2.24, 2.45) is 0 Å². The summed E-state index contributed by atoms with van der Waals surface area (Å²) in [6.07, 6.45) is 4.28. The molecule has 1 saturated carbocycles. The van der Waals surface area contributed by atoms with E-state index in [1.165, 1.54) is 6.07 Å². The normalized spacial score (nSPS) is 25.6. The highest BCUT2D eigenvalue weighted by molar-refractivity contribution is 6.20. The van der Waals surface area contributed by atoms with Crippen molar-refractivity contribution in [1.82, 2.24) is 0 Å². The van der Waals surface area contributed by atoms with E-state index in [0.717, 1.165) is 31.7 Å². The van der Waals surface area contributed by atoms with Crippen LogP contribution < -0.4 is 0 Å². The predicted molar refractivity (Wildman–Crippen MR) is 61.8 cm³/mol. The molecule has 1 aliphatic carbocycles. The molecule has 1 aromatic rings. The first kappa shape index (κ1) is 12.7. The zero-order valence-corrected chi connectivity index (χ0v) is 10.1. The molecule has 0 aromatic heterocycles. The van der Waals surface area contributed by atoms with Gasteiger partial charge in [-0.3, -0.25) is 0 Å². The summed E-state index contributed by atoms with van der Waals surface area (Å²) in [6, 6.07) is 2.33. The third-order valence-electron chi connectivity index (χ3n) is 3.37. The van der Waals surface area contributed by atoms with Crippen LogP contribution in [0.2, 0.25) is 0 Å². The number of hydrogen-bond donors (Lipinski definition) is 0. The minimum atomic E-state index is -1.38. The number of hydrogen-bond acceptors (Lipinski definition) is 0. The van der Waals surface area contributed by atoms with Gasteiger partial charge in [-0.2, -0.15) is 0 Å². The van der Waals surface area contributed by atoms with Crippen LogP contribution in [0.3, 0.4) is 0 Å². The minimum Gasteiger partial charge on any atom is -0.204 e. The van der Waals surface area contributed by atoms with Gasteiger partial charge in [-0.1, -0.05) is 18.9 Å². The van der Waals surface area contributed by atoms with Gasteiger partial charge in [0.2, 0.25) is 0 Å². The first-order valence-corrected chi connectivity index (χ1v) is 6.30. The quantitative estimate of drug-likeness (QED) is 0.389. The van der Waals surface area contributed by atoms with Crippen molar-refractivity contribution in [1.29, 1.82) is 0 Å². The van der Waals surface area contributed by atoms with Crippen LogP contribution in [0.5, 0.6) is 0 Å². The van der Waals surface area contributed by atoms with E-state index in [0.29, 0.717) is 6.42 Å². The molecule has 0 heterocycles. The van der Waals surface area contributed by atoms with Crippen LogP contribution in [0, 0.1) is 17.5 Å². The molecule has 2 unspecified atom stereocenters. The standard InChI is InChI=1S/C13H14ClF3/c14-9-4-2-1-3-8(7-9)10-5-6-11(15)13(17)12(10)16/h5-6,8-9H,1-4,7H2. The van der Waals surface area contributed by atoms with E-state index in [-0.39, 0.29) is 16.9 Å². The molecule has 0 aliphatic heterocycles. The lowest BCUT2D eigenvalue weighted by Crippen LogP contribution is -2.08. The zero-order chi connectivity index (χ0) is 12.4. The third kappa shape index (κ3) is 2.76. The summed E-state index contributed by atoms with van der Waals surface area (Å²) in [4.78, 5) is 0. The number of halogens is 4. The zero-order valence-electron chi connectivity index (χ0n) is 9.36. The van der Waals surface area contributed by atoms with Gasteiger partial charge >= 0.3 is 0 Å². The highest BCUT2D eigenvalue weighted by Crippen LogP contribution is 2.35. The molecule has 1 aliphatic rings. The molecule has 17 heavy (non-hydrogen) atoms. The molecule has 2 atom stereocenters. The van der Waals surface area contributed by atoms with Crippen molar-refractivity contribution in [2.75, 3.05) is 0 Å². The van der Waals surface area contributed by atoms with E-state index in [1.54, 1.807) is 0 Å². The van der Waals surface area contributed by atoms with Crippen LogP contribution in [0.1, 0.15) is 43.6 Å². The van der Waals surface area contributed by atoms with E-state index in [4.69, 9.17) is 11.6 Å². The summed E-state index contributed by atoms with van der Waals surface area (Å²) in [5, 5.41) is -0.00462. The van der Waals surface area contributed by atoms with Crippen LogP contribution in [0.4, 0.5) is 13.2 Å². The van der Waals surface area contributed by atoms with Crippen LogP contribution >= 0.6 is 11.6 Å². The molecule has 0 spiro atoms. The van der Waals surface area contributed by atoms with Crippen molar-refractivity contribution >= 4 is 11.6 Å². The highest BCUT2D eigenvalue weighted by atomic mass is 35.5. The van der Waals surface area contributed by atoms with Gasteiger partial charge in [-0.05, 0) is 36.8 Å². The Balaban J connectivity index is 2.29. The largest absolute Gasteiger partial charge is 0.204 e. The molecule has 1 aromatic carbocycles. The van der Waals surface area contributed by atoms with Gasteiger partial charge in [-0.25, -0.2) is 13.2 Å². The molecule has 0 nitrogen and oxygen atoms in total. The molecule has 0 radical (unpaired) electrons. The average molecular weight is 263 g/mol. The Morgan fingerprint density at radius 3 is 2.47 bits per heavy atom. The van der Waals surface area contributed by atoms with Crippen LogP contribution in [0.25, 0.3) is 0 Å². The summed E-state index contributed by atoms with van der Waals surface area (Å²) in [5.74, 6) is -3.67.